The zero-order chi connectivity index (χ0) is 16.3. The van der Waals surface area contributed by atoms with Crippen molar-refractivity contribution in [2.45, 2.75) is 52.0 Å². The first-order valence-corrected chi connectivity index (χ1v) is 8.52. The van der Waals surface area contributed by atoms with Gasteiger partial charge in [0.15, 0.2) is 0 Å². The lowest BCUT2D eigenvalue weighted by atomic mass is 9.82. The van der Waals surface area contributed by atoms with Crippen LogP contribution in [0, 0.1) is 5.41 Å². The molecule has 5 heteroatoms. The highest BCUT2D eigenvalue weighted by molar-refractivity contribution is 6.01. The van der Waals surface area contributed by atoms with Crippen LogP contribution in [0.25, 0.3) is 0 Å². The molecular formula is C18H25N3O2. The third kappa shape index (κ3) is 3.66. The molecule has 1 aromatic carbocycles. The van der Waals surface area contributed by atoms with Crippen LogP contribution < -0.4 is 16.0 Å². The smallest absolute Gasteiger partial charge is 0.319 e. The molecule has 2 aliphatic rings. The Morgan fingerprint density at radius 2 is 1.96 bits per heavy atom. The van der Waals surface area contributed by atoms with Gasteiger partial charge in [-0.05, 0) is 30.4 Å². The maximum Gasteiger partial charge on any atom is 0.319 e. The fourth-order valence-corrected chi connectivity index (χ4v) is 3.59. The molecule has 0 aromatic heterocycles. The van der Waals surface area contributed by atoms with E-state index in [4.69, 9.17) is 0 Å². The number of nitrogens with one attached hydrogen (secondary N) is 3. The highest BCUT2D eigenvalue weighted by atomic mass is 16.2. The van der Waals surface area contributed by atoms with Gasteiger partial charge in [-0.25, -0.2) is 4.79 Å². The zero-order valence-electron chi connectivity index (χ0n) is 13.7. The van der Waals surface area contributed by atoms with Crippen molar-refractivity contribution in [1.82, 2.24) is 10.6 Å². The first kappa shape index (κ1) is 15.8. The van der Waals surface area contributed by atoms with Crippen molar-refractivity contribution in [3.8, 4) is 0 Å². The SMILES string of the molecule is CC1(CNC(=O)Nc2cccc3c2CNC3=O)CCCCCC1. The summed E-state index contributed by atoms with van der Waals surface area (Å²) in [6.45, 7) is 3.44. The average Bonchev–Trinajstić information content (AvgIpc) is 2.78. The largest absolute Gasteiger partial charge is 0.348 e. The summed E-state index contributed by atoms with van der Waals surface area (Å²) in [4.78, 5) is 23.9. The molecule has 1 saturated carbocycles. The van der Waals surface area contributed by atoms with Gasteiger partial charge in [0.1, 0.15) is 0 Å². The van der Waals surface area contributed by atoms with Gasteiger partial charge in [0.2, 0.25) is 0 Å². The van der Waals surface area contributed by atoms with Crippen molar-refractivity contribution in [2.24, 2.45) is 5.41 Å². The van der Waals surface area contributed by atoms with Gasteiger partial charge in [-0.2, -0.15) is 0 Å². The second kappa shape index (κ2) is 6.60. The highest BCUT2D eigenvalue weighted by Crippen LogP contribution is 2.33. The Bertz CT molecular complexity index is 604. The van der Waals surface area contributed by atoms with Crippen molar-refractivity contribution in [1.29, 1.82) is 0 Å². The fourth-order valence-electron chi connectivity index (χ4n) is 3.59. The minimum absolute atomic E-state index is 0.0741. The summed E-state index contributed by atoms with van der Waals surface area (Å²) in [5, 5.41) is 8.69. The Balaban J connectivity index is 1.59. The van der Waals surface area contributed by atoms with Crippen LogP contribution in [-0.2, 0) is 6.54 Å². The van der Waals surface area contributed by atoms with E-state index in [9.17, 15) is 9.59 Å². The molecule has 1 aromatic rings. The zero-order valence-corrected chi connectivity index (χ0v) is 13.7. The van der Waals surface area contributed by atoms with Gasteiger partial charge >= 0.3 is 6.03 Å². The number of carbonyl (C=O) groups excluding carboxylic acids is 2. The van der Waals surface area contributed by atoms with Gasteiger partial charge in [-0.15, -0.1) is 0 Å². The van der Waals surface area contributed by atoms with E-state index >= 15 is 0 Å². The van der Waals surface area contributed by atoms with E-state index in [0.717, 1.165) is 5.56 Å². The predicted molar refractivity (Wildman–Crippen MR) is 90.4 cm³/mol. The summed E-state index contributed by atoms with van der Waals surface area (Å²) in [5.74, 6) is -0.0741. The van der Waals surface area contributed by atoms with Crippen LogP contribution in [0.3, 0.4) is 0 Å². The number of benzene rings is 1. The monoisotopic (exact) mass is 315 g/mol. The number of hydrogen-bond donors (Lipinski definition) is 3. The van der Waals surface area contributed by atoms with Gasteiger partial charge in [0.25, 0.3) is 5.91 Å². The summed E-state index contributed by atoms with van der Waals surface area (Å²) in [7, 11) is 0. The van der Waals surface area contributed by atoms with E-state index < -0.39 is 0 Å². The predicted octanol–water partition coefficient (Wildman–Crippen LogP) is 3.41. The van der Waals surface area contributed by atoms with Crippen LogP contribution in [0.15, 0.2) is 18.2 Å². The summed E-state index contributed by atoms with van der Waals surface area (Å²) < 4.78 is 0. The standard InChI is InChI=1S/C18H25N3O2/c1-18(9-4-2-3-5-10-18)12-20-17(23)21-15-8-6-7-13-14(15)11-19-16(13)22/h6-8H,2-5,9-12H2,1H3,(H,19,22)(H2,20,21,23). The molecule has 124 valence electrons. The van der Waals surface area contributed by atoms with Gasteiger partial charge in [-0.3, -0.25) is 4.79 Å². The number of amides is 3. The van der Waals surface area contributed by atoms with Crippen LogP contribution in [0.4, 0.5) is 10.5 Å². The van der Waals surface area contributed by atoms with Gasteiger partial charge in [-0.1, -0.05) is 38.7 Å². The van der Waals surface area contributed by atoms with Crippen LogP contribution in [-0.4, -0.2) is 18.5 Å². The lowest BCUT2D eigenvalue weighted by molar-refractivity contribution is 0.0965. The average molecular weight is 315 g/mol. The molecule has 0 spiro atoms. The van der Waals surface area contributed by atoms with Crippen molar-refractivity contribution in [3.05, 3.63) is 29.3 Å². The molecule has 1 aliphatic carbocycles. The van der Waals surface area contributed by atoms with E-state index in [1.165, 1.54) is 38.5 Å². The molecule has 0 saturated heterocycles. The van der Waals surface area contributed by atoms with Gasteiger partial charge < -0.3 is 16.0 Å². The van der Waals surface area contributed by atoms with E-state index in [0.29, 0.717) is 24.3 Å². The molecule has 1 heterocycles. The summed E-state index contributed by atoms with van der Waals surface area (Å²) in [6.07, 6.45) is 7.45. The highest BCUT2D eigenvalue weighted by Gasteiger charge is 2.26. The van der Waals surface area contributed by atoms with Crippen LogP contribution >= 0.6 is 0 Å². The van der Waals surface area contributed by atoms with Crippen molar-refractivity contribution >= 4 is 17.6 Å². The second-order valence-electron chi connectivity index (χ2n) is 7.05. The Kier molecular flexibility index (Phi) is 4.55. The number of urea groups is 1. The molecular weight excluding hydrogens is 290 g/mol. The summed E-state index contributed by atoms with van der Waals surface area (Å²) in [6, 6.07) is 5.23. The molecule has 3 amide bonds. The lowest BCUT2D eigenvalue weighted by Gasteiger charge is -2.28. The van der Waals surface area contributed by atoms with Gasteiger partial charge in [0, 0.05) is 29.9 Å². The van der Waals surface area contributed by atoms with E-state index in [1.54, 1.807) is 12.1 Å². The Morgan fingerprint density at radius 3 is 2.70 bits per heavy atom. The Labute approximate surface area is 137 Å². The van der Waals surface area contributed by atoms with Crippen LogP contribution in [0.5, 0.6) is 0 Å². The molecule has 5 nitrogen and oxygen atoms in total. The molecule has 1 fully saturated rings. The van der Waals surface area contributed by atoms with E-state index in [1.807, 2.05) is 6.07 Å². The first-order valence-electron chi connectivity index (χ1n) is 8.52. The third-order valence-corrected chi connectivity index (χ3v) is 5.08. The van der Waals surface area contributed by atoms with Crippen molar-refractivity contribution in [3.63, 3.8) is 0 Å². The number of carbonyl (C=O) groups is 2. The number of hydrogen-bond acceptors (Lipinski definition) is 2. The molecule has 0 atom stereocenters. The van der Waals surface area contributed by atoms with E-state index in [-0.39, 0.29) is 17.4 Å². The van der Waals surface area contributed by atoms with Crippen LogP contribution in [0.2, 0.25) is 0 Å². The minimum Gasteiger partial charge on any atom is -0.348 e. The second-order valence-corrected chi connectivity index (χ2v) is 7.05. The molecule has 0 radical (unpaired) electrons. The number of fused-ring (bicyclic) bond motifs is 1. The topological polar surface area (TPSA) is 70.2 Å². The number of rotatable bonds is 3. The minimum atomic E-state index is -0.191. The normalized spacial score (nSPS) is 19.4. The fraction of sp³-hybridized carbons (Fsp3) is 0.556. The molecule has 23 heavy (non-hydrogen) atoms. The lowest BCUT2D eigenvalue weighted by Crippen LogP contribution is -2.38. The Morgan fingerprint density at radius 1 is 1.22 bits per heavy atom. The molecule has 3 rings (SSSR count). The maximum absolute atomic E-state index is 12.2. The molecule has 3 N–H and O–H groups in total. The Hall–Kier alpha value is -2.04. The van der Waals surface area contributed by atoms with E-state index in [2.05, 4.69) is 22.9 Å². The van der Waals surface area contributed by atoms with Crippen molar-refractivity contribution in [2.75, 3.05) is 11.9 Å². The van der Waals surface area contributed by atoms with Gasteiger partial charge in [0.05, 0.1) is 0 Å². The maximum atomic E-state index is 12.2. The van der Waals surface area contributed by atoms with Crippen LogP contribution in [0.1, 0.15) is 61.4 Å². The number of anilines is 1. The first-order chi connectivity index (χ1) is 11.1. The quantitative estimate of drug-likeness (QED) is 0.748. The molecule has 1 aliphatic heterocycles. The van der Waals surface area contributed by atoms with Crippen molar-refractivity contribution < 1.29 is 9.59 Å². The third-order valence-electron chi connectivity index (χ3n) is 5.08. The molecule has 0 bridgehead atoms. The summed E-state index contributed by atoms with van der Waals surface area (Å²) >= 11 is 0. The molecule has 0 unspecified atom stereocenters. The summed E-state index contributed by atoms with van der Waals surface area (Å²) in [5.41, 5.74) is 2.43.